The molecule has 0 saturated carbocycles. The number of aliphatic hydroxyl groups is 1. The van der Waals surface area contributed by atoms with Gasteiger partial charge in [0.05, 0.1) is 12.2 Å². The molecule has 0 aromatic carbocycles. The number of hydrogen-bond donors (Lipinski definition) is 1. The molecule has 0 aliphatic heterocycles. The monoisotopic (exact) mass is 266 g/mol. The summed E-state index contributed by atoms with van der Waals surface area (Å²) in [4.78, 5) is 21.8. The number of aliphatic hydroxyl groups excluding tert-OH is 1. The fourth-order valence-electron chi connectivity index (χ4n) is 0.651. The Morgan fingerprint density at radius 3 is 1.94 bits per heavy atom. The molecule has 0 spiro atoms. The van der Waals surface area contributed by atoms with Crippen LogP contribution in [0.3, 0.4) is 0 Å². The van der Waals surface area contributed by atoms with Crippen molar-refractivity contribution in [3.63, 3.8) is 0 Å². The fourth-order valence-corrected chi connectivity index (χ4v) is 0.651. The van der Waals surface area contributed by atoms with E-state index in [1.54, 1.807) is 6.92 Å². The smallest absolute Gasteiger partial charge is 0.431 e. The van der Waals surface area contributed by atoms with E-state index in [9.17, 15) is 9.59 Å². The highest BCUT2D eigenvalue weighted by Crippen LogP contribution is 1.94. The van der Waals surface area contributed by atoms with Gasteiger partial charge in [0.15, 0.2) is 0 Å². The molecule has 2 atom stereocenters. The largest absolute Gasteiger partial charge is 0.511 e. The first-order valence-corrected chi connectivity index (χ1v) is 5.25. The first kappa shape index (κ1) is 16.5. The van der Waals surface area contributed by atoms with Crippen molar-refractivity contribution in [2.45, 2.75) is 26.1 Å². The maximum atomic E-state index is 10.9. The van der Waals surface area contributed by atoms with Crippen LogP contribution in [0.4, 0.5) is 9.59 Å². The van der Waals surface area contributed by atoms with Crippen LogP contribution in [0.2, 0.25) is 0 Å². The number of hydrogen-bond acceptors (Lipinski definition) is 8. The normalized spacial score (nSPS) is 13.3. The van der Waals surface area contributed by atoms with Crippen molar-refractivity contribution in [3.8, 4) is 0 Å². The molecule has 8 heteroatoms. The zero-order chi connectivity index (χ0) is 14.0. The molecule has 106 valence electrons. The molecule has 0 fully saturated rings. The van der Waals surface area contributed by atoms with Gasteiger partial charge in [0.25, 0.3) is 0 Å². The van der Waals surface area contributed by atoms with Crippen LogP contribution >= 0.6 is 0 Å². The van der Waals surface area contributed by atoms with Gasteiger partial charge in [-0.2, -0.15) is 0 Å². The van der Waals surface area contributed by atoms with Crippen LogP contribution in [-0.2, 0) is 23.7 Å². The van der Waals surface area contributed by atoms with Crippen molar-refractivity contribution in [1.29, 1.82) is 0 Å². The van der Waals surface area contributed by atoms with Gasteiger partial charge < -0.3 is 28.8 Å². The second kappa shape index (κ2) is 9.49. The Balaban J connectivity index is 3.53. The second-order valence-electron chi connectivity index (χ2n) is 3.42. The zero-order valence-electron chi connectivity index (χ0n) is 10.6. The maximum Gasteiger partial charge on any atom is 0.511 e. The Bertz CT molecular complexity index is 252. The van der Waals surface area contributed by atoms with Crippen molar-refractivity contribution in [2.24, 2.45) is 0 Å². The lowest BCUT2D eigenvalue weighted by Gasteiger charge is -2.10. The van der Waals surface area contributed by atoms with Crippen molar-refractivity contribution >= 4 is 12.3 Å². The first-order valence-electron chi connectivity index (χ1n) is 5.25. The number of rotatable bonds is 7. The molecular formula is C10H18O8. The molecule has 2 unspecified atom stereocenters. The lowest BCUT2D eigenvalue weighted by molar-refractivity contribution is -0.0527. The lowest BCUT2D eigenvalue weighted by atomic mass is 10.4. The summed E-state index contributed by atoms with van der Waals surface area (Å²) in [6, 6.07) is 0. The van der Waals surface area contributed by atoms with E-state index in [1.165, 1.54) is 14.0 Å². The minimum absolute atomic E-state index is 0.0296. The molecule has 8 nitrogen and oxygen atoms in total. The highest BCUT2D eigenvalue weighted by Gasteiger charge is 2.10. The average Bonchev–Trinajstić information content (AvgIpc) is 2.33. The number of methoxy groups -OCH3 is 1. The van der Waals surface area contributed by atoms with E-state index in [0.29, 0.717) is 0 Å². The maximum absolute atomic E-state index is 10.9. The quantitative estimate of drug-likeness (QED) is 0.530. The third kappa shape index (κ3) is 9.67. The summed E-state index contributed by atoms with van der Waals surface area (Å²) in [7, 11) is 1.47. The SMILES string of the molecule is COC(C)COC(=O)OCOC(=O)OCC(C)O. The van der Waals surface area contributed by atoms with Crippen LogP contribution in [0.25, 0.3) is 0 Å². The predicted octanol–water partition coefficient (Wildman–Crippen LogP) is 0.666. The summed E-state index contributed by atoms with van der Waals surface area (Å²) in [5.74, 6) is 0. The highest BCUT2D eigenvalue weighted by atomic mass is 16.8. The van der Waals surface area contributed by atoms with Gasteiger partial charge in [0.2, 0.25) is 6.79 Å². The molecule has 0 saturated heterocycles. The Hall–Kier alpha value is -1.54. The third-order valence-electron chi connectivity index (χ3n) is 1.63. The van der Waals surface area contributed by atoms with Crippen LogP contribution in [0, 0.1) is 0 Å². The summed E-state index contributed by atoms with van der Waals surface area (Å²) >= 11 is 0. The topological polar surface area (TPSA) is 101 Å². The molecule has 0 radical (unpaired) electrons. The minimum atomic E-state index is -1.05. The van der Waals surface area contributed by atoms with E-state index in [0.717, 1.165) is 0 Å². The van der Waals surface area contributed by atoms with E-state index in [-0.39, 0.29) is 19.3 Å². The fraction of sp³-hybridized carbons (Fsp3) is 0.800. The molecule has 0 aromatic heterocycles. The molecule has 0 aliphatic carbocycles. The molecule has 1 N–H and O–H groups in total. The van der Waals surface area contributed by atoms with E-state index in [1.807, 2.05) is 0 Å². The Kier molecular flexibility index (Phi) is 8.67. The van der Waals surface area contributed by atoms with Crippen molar-refractivity contribution < 1.29 is 38.4 Å². The van der Waals surface area contributed by atoms with Gasteiger partial charge in [-0.25, -0.2) is 9.59 Å². The molecular weight excluding hydrogens is 248 g/mol. The van der Waals surface area contributed by atoms with Gasteiger partial charge >= 0.3 is 12.3 Å². The average molecular weight is 266 g/mol. The zero-order valence-corrected chi connectivity index (χ0v) is 10.6. The number of ether oxygens (including phenoxy) is 5. The van der Waals surface area contributed by atoms with Gasteiger partial charge in [-0.05, 0) is 13.8 Å². The number of carbonyl (C=O) groups excluding carboxylic acids is 2. The summed E-state index contributed by atoms with van der Waals surface area (Å²) in [5.41, 5.74) is 0. The Morgan fingerprint density at radius 1 is 1.00 bits per heavy atom. The van der Waals surface area contributed by atoms with Gasteiger partial charge in [0.1, 0.15) is 13.2 Å². The molecule has 0 bridgehead atoms. The van der Waals surface area contributed by atoms with E-state index >= 15 is 0 Å². The van der Waals surface area contributed by atoms with E-state index in [2.05, 4.69) is 18.9 Å². The molecule has 18 heavy (non-hydrogen) atoms. The molecule has 0 heterocycles. The Morgan fingerprint density at radius 2 is 1.50 bits per heavy atom. The van der Waals surface area contributed by atoms with Crippen LogP contribution in [0.5, 0.6) is 0 Å². The third-order valence-corrected chi connectivity index (χ3v) is 1.63. The molecule has 0 aliphatic rings. The van der Waals surface area contributed by atoms with Crippen LogP contribution in [0.1, 0.15) is 13.8 Å². The first-order chi connectivity index (χ1) is 8.45. The van der Waals surface area contributed by atoms with Gasteiger partial charge in [0, 0.05) is 7.11 Å². The summed E-state index contributed by atoms with van der Waals surface area (Å²) in [6.07, 6.45) is -3.08. The Labute approximate surface area is 105 Å². The van der Waals surface area contributed by atoms with Crippen LogP contribution < -0.4 is 0 Å². The molecule has 0 aromatic rings. The van der Waals surface area contributed by atoms with Crippen LogP contribution in [0.15, 0.2) is 0 Å². The second-order valence-corrected chi connectivity index (χ2v) is 3.42. The van der Waals surface area contributed by atoms with Crippen molar-refractivity contribution in [1.82, 2.24) is 0 Å². The van der Waals surface area contributed by atoms with E-state index < -0.39 is 25.2 Å². The van der Waals surface area contributed by atoms with Crippen LogP contribution in [-0.4, -0.2) is 56.7 Å². The van der Waals surface area contributed by atoms with E-state index in [4.69, 9.17) is 9.84 Å². The van der Waals surface area contributed by atoms with Gasteiger partial charge in [-0.15, -0.1) is 0 Å². The minimum Gasteiger partial charge on any atom is -0.431 e. The molecule has 0 rings (SSSR count). The standard InChI is InChI=1S/C10H18O8/c1-7(11)4-15-9(12)17-6-18-10(13)16-5-8(2)14-3/h7-8,11H,4-6H2,1-3H3. The summed E-state index contributed by atoms with van der Waals surface area (Å²) in [5, 5.41) is 8.81. The van der Waals surface area contributed by atoms with Gasteiger partial charge in [-0.1, -0.05) is 0 Å². The highest BCUT2D eigenvalue weighted by molar-refractivity contribution is 5.61. The lowest BCUT2D eigenvalue weighted by Crippen LogP contribution is -2.21. The summed E-state index contributed by atoms with van der Waals surface area (Å²) in [6.45, 7) is 2.35. The molecule has 0 amide bonds. The van der Waals surface area contributed by atoms with Crippen molar-refractivity contribution in [2.75, 3.05) is 27.1 Å². The summed E-state index contributed by atoms with van der Waals surface area (Å²) < 4.78 is 22.7. The predicted molar refractivity (Wildman–Crippen MR) is 57.9 cm³/mol. The van der Waals surface area contributed by atoms with Gasteiger partial charge in [-0.3, -0.25) is 0 Å². The van der Waals surface area contributed by atoms with Crippen molar-refractivity contribution in [3.05, 3.63) is 0 Å². The number of carbonyl (C=O) groups is 2.